The maximum Gasteiger partial charge on any atom is 0.0994 e. The number of benzene rings is 1. The van der Waals surface area contributed by atoms with Gasteiger partial charge in [-0.05, 0) is 55.2 Å². The molecule has 1 aromatic heterocycles. The molecular formula is C18H21NS. The van der Waals surface area contributed by atoms with Crippen LogP contribution in [-0.4, -0.2) is 0 Å². The Kier molecular flexibility index (Phi) is 5.38. The molecule has 0 saturated heterocycles. The molecule has 1 aromatic carbocycles. The lowest BCUT2D eigenvalue weighted by Gasteiger charge is -2.06. The van der Waals surface area contributed by atoms with Crippen LogP contribution in [0.2, 0.25) is 0 Å². The fraction of sp³-hybridized carbons (Fsp3) is 0.389. The SMILES string of the molecule is CCCCCCc1cc(-c2ccc(C)s2)ccc1C#N. The van der Waals surface area contributed by atoms with E-state index in [1.54, 1.807) is 0 Å². The Bertz CT molecular complexity index is 604. The molecule has 0 spiro atoms. The molecule has 2 aromatic rings. The first-order chi connectivity index (χ1) is 9.74. The largest absolute Gasteiger partial charge is 0.192 e. The van der Waals surface area contributed by atoms with Gasteiger partial charge in [0.2, 0.25) is 0 Å². The average Bonchev–Trinajstić information content (AvgIpc) is 2.90. The maximum absolute atomic E-state index is 9.24. The van der Waals surface area contributed by atoms with Gasteiger partial charge in [-0.1, -0.05) is 32.3 Å². The molecule has 0 N–H and O–H groups in total. The molecule has 0 saturated carbocycles. The van der Waals surface area contributed by atoms with Crippen LogP contribution in [0.15, 0.2) is 30.3 Å². The topological polar surface area (TPSA) is 23.8 Å². The molecule has 0 aliphatic heterocycles. The van der Waals surface area contributed by atoms with Crippen molar-refractivity contribution in [3.63, 3.8) is 0 Å². The minimum Gasteiger partial charge on any atom is -0.192 e. The Morgan fingerprint density at radius 3 is 2.60 bits per heavy atom. The van der Waals surface area contributed by atoms with Crippen LogP contribution in [0.5, 0.6) is 0 Å². The number of hydrogen-bond acceptors (Lipinski definition) is 2. The van der Waals surface area contributed by atoms with Crippen LogP contribution in [0.1, 0.15) is 48.6 Å². The molecule has 0 radical (unpaired) electrons. The zero-order valence-electron chi connectivity index (χ0n) is 12.3. The maximum atomic E-state index is 9.24. The molecule has 1 heterocycles. The molecule has 0 fully saturated rings. The molecule has 0 aliphatic carbocycles. The Morgan fingerprint density at radius 2 is 1.95 bits per heavy atom. The second-order valence-electron chi connectivity index (χ2n) is 5.20. The van der Waals surface area contributed by atoms with Crippen molar-refractivity contribution in [2.24, 2.45) is 0 Å². The summed E-state index contributed by atoms with van der Waals surface area (Å²) < 4.78 is 0. The summed E-state index contributed by atoms with van der Waals surface area (Å²) >= 11 is 1.81. The molecule has 1 nitrogen and oxygen atoms in total. The van der Waals surface area contributed by atoms with Crippen LogP contribution in [0.3, 0.4) is 0 Å². The fourth-order valence-corrected chi connectivity index (χ4v) is 3.26. The number of nitriles is 1. The van der Waals surface area contributed by atoms with E-state index in [9.17, 15) is 5.26 Å². The van der Waals surface area contributed by atoms with Crippen molar-refractivity contribution in [1.82, 2.24) is 0 Å². The van der Waals surface area contributed by atoms with Crippen molar-refractivity contribution < 1.29 is 0 Å². The predicted octanol–water partition coefficient (Wildman–Crippen LogP) is 5.72. The predicted molar refractivity (Wildman–Crippen MR) is 87.1 cm³/mol. The highest BCUT2D eigenvalue weighted by Gasteiger charge is 2.06. The van der Waals surface area contributed by atoms with Gasteiger partial charge in [0.25, 0.3) is 0 Å². The van der Waals surface area contributed by atoms with Gasteiger partial charge in [-0.15, -0.1) is 11.3 Å². The first-order valence-corrected chi connectivity index (χ1v) is 8.16. The van der Waals surface area contributed by atoms with Crippen LogP contribution < -0.4 is 0 Å². The van der Waals surface area contributed by atoms with E-state index in [0.717, 1.165) is 12.0 Å². The zero-order chi connectivity index (χ0) is 14.4. The van der Waals surface area contributed by atoms with Crippen LogP contribution in [0.25, 0.3) is 10.4 Å². The fourth-order valence-electron chi connectivity index (χ4n) is 2.39. The second kappa shape index (κ2) is 7.26. The highest BCUT2D eigenvalue weighted by Crippen LogP contribution is 2.29. The lowest BCUT2D eigenvalue weighted by molar-refractivity contribution is 0.666. The van der Waals surface area contributed by atoms with Crippen LogP contribution in [0.4, 0.5) is 0 Å². The van der Waals surface area contributed by atoms with Crippen LogP contribution >= 0.6 is 11.3 Å². The first-order valence-electron chi connectivity index (χ1n) is 7.34. The van der Waals surface area contributed by atoms with E-state index in [1.165, 1.54) is 46.6 Å². The van der Waals surface area contributed by atoms with Gasteiger partial charge in [0.05, 0.1) is 11.6 Å². The Morgan fingerprint density at radius 1 is 1.10 bits per heavy atom. The van der Waals surface area contributed by atoms with Gasteiger partial charge in [0.15, 0.2) is 0 Å². The molecule has 0 unspecified atom stereocenters. The van der Waals surface area contributed by atoms with Crippen molar-refractivity contribution in [2.45, 2.75) is 46.0 Å². The summed E-state index contributed by atoms with van der Waals surface area (Å²) in [6, 6.07) is 12.9. The van der Waals surface area contributed by atoms with Crippen molar-refractivity contribution in [3.8, 4) is 16.5 Å². The lowest BCUT2D eigenvalue weighted by atomic mass is 9.98. The molecule has 0 bridgehead atoms. The molecule has 0 aliphatic rings. The van der Waals surface area contributed by atoms with Crippen molar-refractivity contribution in [3.05, 3.63) is 46.3 Å². The number of hydrogen-bond donors (Lipinski definition) is 0. The molecule has 104 valence electrons. The number of unbranched alkanes of at least 4 members (excludes halogenated alkanes) is 3. The normalized spacial score (nSPS) is 10.4. The summed E-state index contributed by atoms with van der Waals surface area (Å²) in [5, 5.41) is 9.24. The third-order valence-electron chi connectivity index (χ3n) is 3.55. The number of aryl methyl sites for hydroxylation is 2. The Hall–Kier alpha value is -1.59. The number of thiophene rings is 1. The van der Waals surface area contributed by atoms with Gasteiger partial charge < -0.3 is 0 Å². The highest BCUT2D eigenvalue weighted by molar-refractivity contribution is 7.15. The van der Waals surface area contributed by atoms with Gasteiger partial charge in [0, 0.05) is 9.75 Å². The van der Waals surface area contributed by atoms with E-state index in [0.29, 0.717) is 0 Å². The zero-order valence-corrected chi connectivity index (χ0v) is 13.1. The van der Waals surface area contributed by atoms with E-state index in [-0.39, 0.29) is 0 Å². The van der Waals surface area contributed by atoms with Crippen LogP contribution in [-0.2, 0) is 6.42 Å². The monoisotopic (exact) mass is 283 g/mol. The molecule has 2 rings (SSSR count). The molecular weight excluding hydrogens is 262 g/mol. The summed E-state index contributed by atoms with van der Waals surface area (Å²) in [6.45, 7) is 4.35. The quantitative estimate of drug-likeness (QED) is 0.622. The Labute approximate surface area is 125 Å². The first kappa shape index (κ1) is 14.8. The van der Waals surface area contributed by atoms with Crippen molar-refractivity contribution >= 4 is 11.3 Å². The number of nitrogens with zero attached hydrogens (tertiary/aromatic N) is 1. The summed E-state index contributed by atoms with van der Waals surface area (Å²) in [4.78, 5) is 2.62. The summed E-state index contributed by atoms with van der Waals surface area (Å²) in [6.07, 6.45) is 5.98. The van der Waals surface area contributed by atoms with Gasteiger partial charge in [-0.25, -0.2) is 0 Å². The van der Waals surface area contributed by atoms with Gasteiger partial charge >= 0.3 is 0 Å². The summed E-state index contributed by atoms with van der Waals surface area (Å²) in [5.41, 5.74) is 3.28. The standard InChI is InChI=1S/C18H21NS/c1-3-4-5-6-7-15-12-16(9-10-17(15)13-19)18-11-8-14(2)20-18/h8-12H,3-7H2,1-2H3. The van der Waals surface area contributed by atoms with Gasteiger partial charge in [-0.3, -0.25) is 0 Å². The van der Waals surface area contributed by atoms with E-state index in [1.807, 2.05) is 17.4 Å². The van der Waals surface area contributed by atoms with Crippen molar-refractivity contribution in [1.29, 1.82) is 5.26 Å². The molecule has 2 heteroatoms. The average molecular weight is 283 g/mol. The third-order valence-corrected chi connectivity index (χ3v) is 4.60. The third kappa shape index (κ3) is 3.71. The smallest absolute Gasteiger partial charge is 0.0994 e. The summed E-state index contributed by atoms with van der Waals surface area (Å²) in [7, 11) is 0. The molecule has 0 amide bonds. The Balaban J connectivity index is 2.18. The highest BCUT2D eigenvalue weighted by atomic mass is 32.1. The molecule has 0 atom stereocenters. The van der Waals surface area contributed by atoms with Crippen molar-refractivity contribution in [2.75, 3.05) is 0 Å². The second-order valence-corrected chi connectivity index (χ2v) is 6.49. The lowest BCUT2D eigenvalue weighted by Crippen LogP contribution is -1.92. The van der Waals surface area contributed by atoms with E-state index in [4.69, 9.17) is 0 Å². The van der Waals surface area contributed by atoms with E-state index in [2.05, 4.69) is 44.2 Å². The van der Waals surface area contributed by atoms with Gasteiger partial charge in [0.1, 0.15) is 0 Å². The minimum absolute atomic E-state index is 0.832. The molecule has 20 heavy (non-hydrogen) atoms. The van der Waals surface area contributed by atoms with Gasteiger partial charge in [-0.2, -0.15) is 5.26 Å². The number of rotatable bonds is 6. The van der Waals surface area contributed by atoms with E-state index < -0.39 is 0 Å². The summed E-state index contributed by atoms with van der Waals surface area (Å²) in [5.74, 6) is 0. The van der Waals surface area contributed by atoms with E-state index >= 15 is 0 Å². The minimum atomic E-state index is 0.832. The van der Waals surface area contributed by atoms with Crippen LogP contribution in [0, 0.1) is 18.3 Å².